The van der Waals surface area contributed by atoms with Gasteiger partial charge in [-0.1, -0.05) is 18.2 Å². The number of ether oxygens (including phenoxy) is 1. The lowest BCUT2D eigenvalue weighted by molar-refractivity contribution is -0.145. The van der Waals surface area contributed by atoms with Crippen molar-refractivity contribution in [2.75, 3.05) is 13.7 Å². The minimum Gasteiger partial charge on any atom is -0.467 e. The number of unbranched alkanes of at least 4 members (excludes halogenated alkanes) is 1. The zero-order chi connectivity index (χ0) is 23.1. The van der Waals surface area contributed by atoms with Gasteiger partial charge >= 0.3 is 5.97 Å². The number of amides is 3. The van der Waals surface area contributed by atoms with Crippen LogP contribution in [0.25, 0.3) is 0 Å². The molecule has 10 heteroatoms. The number of benzene rings is 1. The van der Waals surface area contributed by atoms with Crippen molar-refractivity contribution in [3.05, 3.63) is 57.8 Å². The number of aliphatic hydroxyl groups excluding tert-OH is 1. The zero-order valence-electron chi connectivity index (χ0n) is 17.6. The number of carbonyl (C=O) groups excluding carboxylic acids is 4. The molecule has 0 saturated carbocycles. The quantitative estimate of drug-likeness (QED) is 0.263. The summed E-state index contributed by atoms with van der Waals surface area (Å²) < 4.78 is 4.79. The fourth-order valence-corrected chi connectivity index (χ4v) is 4.16. The molecule has 2 atom stereocenters. The summed E-state index contributed by atoms with van der Waals surface area (Å²) in [4.78, 5) is 51.6. The maximum absolute atomic E-state index is 13.1. The van der Waals surface area contributed by atoms with Gasteiger partial charge in [-0.2, -0.15) is 0 Å². The van der Waals surface area contributed by atoms with Crippen LogP contribution in [0.1, 0.15) is 44.9 Å². The molecule has 32 heavy (non-hydrogen) atoms. The molecule has 170 valence electrons. The summed E-state index contributed by atoms with van der Waals surface area (Å²) in [6, 6.07) is 8.22. The molecular weight excluding hydrogens is 434 g/mol. The lowest BCUT2D eigenvalue weighted by atomic mass is 10.1. The van der Waals surface area contributed by atoms with Gasteiger partial charge < -0.3 is 15.2 Å². The number of hydrogen-bond acceptors (Lipinski definition) is 8. The van der Waals surface area contributed by atoms with E-state index in [1.807, 2.05) is 17.5 Å². The van der Waals surface area contributed by atoms with Gasteiger partial charge in [0, 0.05) is 17.9 Å². The van der Waals surface area contributed by atoms with Gasteiger partial charge in [0.25, 0.3) is 11.8 Å². The largest absolute Gasteiger partial charge is 0.467 e. The van der Waals surface area contributed by atoms with Crippen LogP contribution >= 0.6 is 11.3 Å². The highest BCUT2D eigenvalue weighted by molar-refractivity contribution is 7.09. The van der Waals surface area contributed by atoms with Gasteiger partial charge in [-0.15, -0.1) is 11.3 Å². The SMILES string of the molecule is COC(=O)[C@H](CCCCO)NC(=O)[C@H](Cc1cccs1)NN1C(=O)c2ccccc2C1=O. The number of methoxy groups -OCH3 is 1. The van der Waals surface area contributed by atoms with Crippen LogP contribution in [0.15, 0.2) is 41.8 Å². The number of carbonyl (C=O) groups is 4. The first-order chi connectivity index (χ1) is 15.5. The summed E-state index contributed by atoms with van der Waals surface area (Å²) in [6.07, 6.45) is 1.49. The molecular formula is C22H25N3O6S. The van der Waals surface area contributed by atoms with Crippen LogP contribution in [0.2, 0.25) is 0 Å². The summed E-state index contributed by atoms with van der Waals surface area (Å²) in [5, 5.41) is 14.4. The highest BCUT2D eigenvalue weighted by atomic mass is 32.1. The number of nitrogens with zero attached hydrogens (tertiary/aromatic N) is 1. The average Bonchev–Trinajstić information content (AvgIpc) is 3.40. The van der Waals surface area contributed by atoms with Crippen LogP contribution in [0.4, 0.5) is 0 Å². The molecule has 1 aromatic carbocycles. The van der Waals surface area contributed by atoms with E-state index in [4.69, 9.17) is 9.84 Å². The van der Waals surface area contributed by atoms with Crippen LogP contribution in [-0.2, 0) is 20.7 Å². The van der Waals surface area contributed by atoms with Crippen molar-refractivity contribution in [1.29, 1.82) is 0 Å². The highest BCUT2D eigenvalue weighted by Gasteiger charge is 2.38. The molecule has 0 aliphatic carbocycles. The first-order valence-electron chi connectivity index (χ1n) is 10.2. The molecule has 0 unspecified atom stereocenters. The van der Waals surface area contributed by atoms with Crippen LogP contribution in [0.3, 0.4) is 0 Å². The van der Waals surface area contributed by atoms with E-state index in [0.29, 0.717) is 12.8 Å². The fourth-order valence-electron chi connectivity index (χ4n) is 3.41. The molecule has 3 N–H and O–H groups in total. The summed E-state index contributed by atoms with van der Waals surface area (Å²) in [6.45, 7) is -0.0237. The minimum atomic E-state index is -0.985. The molecule has 0 fully saturated rings. The van der Waals surface area contributed by atoms with Crippen LogP contribution < -0.4 is 10.7 Å². The number of aliphatic hydroxyl groups is 1. The highest BCUT2D eigenvalue weighted by Crippen LogP contribution is 2.22. The van der Waals surface area contributed by atoms with Gasteiger partial charge in [0.2, 0.25) is 5.91 Å². The van der Waals surface area contributed by atoms with E-state index in [0.717, 1.165) is 9.89 Å². The third-order valence-corrected chi connectivity index (χ3v) is 5.98. The number of rotatable bonds is 11. The van der Waals surface area contributed by atoms with Gasteiger partial charge in [-0.25, -0.2) is 15.2 Å². The summed E-state index contributed by atoms with van der Waals surface area (Å²) in [5.41, 5.74) is 3.29. The van der Waals surface area contributed by atoms with Gasteiger partial charge in [-0.05, 0) is 42.8 Å². The fraction of sp³-hybridized carbons (Fsp3) is 0.364. The lowest BCUT2D eigenvalue weighted by Crippen LogP contribution is -2.57. The second kappa shape index (κ2) is 11.0. The molecule has 1 aromatic heterocycles. The Morgan fingerprint density at radius 2 is 1.75 bits per heavy atom. The molecule has 2 aromatic rings. The Balaban J connectivity index is 1.78. The average molecular weight is 460 g/mol. The predicted octanol–water partition coefficient (Wildman–Crippen LogP) is 1.28. The Hall–Kier alpha value is -3.08. The molecule has 1 aliphatic rings. The number of imide groups is 1. The molecule has 0 spiro atoms. The number of hydrogen-bond donors (Lipinski definition) is 3. The van der Waals surface area contributed by atoms with Crippen LogP contribution in [0.5, 0.6) is 0 Å². The number of hydrazine groups is 1. The molecule has 0 saturated heterocycles. The maximum Gasteiger partial charge on any atom is 0.328 e. The van der Waals surface area contributed by atoms with Crippen molar-refractivity contribution in [2.45, 2.75) is 37.8 Å². The van der Waals surface area contributed by atoms with Crippen LogP contribution in [-0.4, -0.2) is 59.6 Å². The Labute approximate surface area is 189 Å². The van der Waals surface area contributed by atoms with E-state index in [1.54, 1.807) is 24.3 Å². The number of fused-ring (bicyclic) bond motifs is 1. The molecule has 1 aliphatic heterocycles. The van der Waals surface area contributed by atoms with E-state index in [2.05, 4.69) is 10.7 Å². The lowest BCUT2D eigenvalue weighted by Gasteiger charge is -2.25. The number of thiophene rings is 1. The Bertz CT molecular complexity index is 943. The molecule has 9 nitrogen and oxygen atoms in total. The van der Waals surface area contributed by atoms with E-state index in [1.165, 1.54) is 18.4 Å². The van der Waals surface area contributed by atoms with E-state index >= 15 is 0 Å². The molecule has 3 rings (SSSR count). The van der Waals surface area contributed by atoms with E-state index < -0.39 is 35.8 Å². The smallest absolute Gasteiger partial charge is 0.328 e. The Morgan fingerprint density at radius 3 is 2.31 bits per heavy atom. The first-order valence-corrected chi connectivity index (χ1v) is 11.1. The van der Waals surface area contributed by atoms with Crippen molar-refractivity contribution in [3.63, 3.8) is 0 Å². The zero-order valence-corrected chi connectivity index (χ0v) is 18.4. The van der Waals surface area contributed by atoms with Crippen LogP contribution in [0, 0.1) is 0 Å². The summed E-state index contributed by atoms with van der Waals surface area (Å²) >= 11 is 1.43. The standard InChI is InChI=1S/C22H25N3O6S/c1-31-22(30)17(10-4-5-11-26)23-19(27)18(13-14-7-6-12-32-14)24-25-20(28)15-8-2-3-9-16(15)21(25)29/h2-3,6-9,12,17-18,24,26H,4-5,10-11,13H2,1H3,(H,23,27)/t17-,18-/m0/s1. The van der Waals surface area contributed by atoms with Gasteiger partial charge in [0.15, 0.2) is 0 Å². The van der Waals surface area contributed by atoms with Gasteiger partial charge in [0.1, 0.15) is 12.1 Å². The Kier molecular flexibility index (Phi) is 8.09. The molecule has 0 bridgehead atoms. The topological polar surface area (TPSA) is 125 Å². The van der Waals surface area contributed by atoms with Crippen molar-refractivity contribution in [3.8, 4) is 0 Å². The minimum absolute atomic E-state index is 0.0237. The van der Waals surface area contributed by atoms with E-state index in [-0.39, 0.29) is 30.6 Å². The second-order valence-electron chi connectivity index (χ2n) is 7.26. The van der Waals surface area contributed by atoms with Crippen molar-refractivity contribution >= 4 is 35.0 Å². The Morgan fingerprint density at radius 1 is 1.06 bits per heavy atom. The third kappa shape index (κ3) is 5.39. The molecule has 0 radical (unpaired) electrons. The van der Waals surface area contributed by atoms with Crippen molar-refractivity contribution in [1.82, 2.24) is 15.8 Å². The normalized spacial score (nSPS) is 14.8. The van der Waals surface area contributed by atoms with Crippen molar-refractivity contribution in [2.24, 2.45) is 0 Å². The first kappa shape index (κ1) is 23.6. The summed E-state index contributed by atoms with van der Waals surface area (Å²) in [5.74, 6) is -2.23. The monoisotopic (exact) mass is 459 g/mol. The van der Waals surface area contributed by atoms with Crippen molar-refractivity contribution < 1.29 is 29.0 Å². The number of esters is 1. The molecule has 3 amide bonds. The summed E-state index contributed by atoms with van der Waals surface area (Å²) in [7, 11) is 1.23. The third-order valence-electron chi connectivity index (χ3n) is 5.08. The number of nitrogens with one attached hydrogen (secondary N) is 2. The van der Waals surface area contributed by atoms with E-state index in [9.17, 15) is 19.2 Å². The second-order valence-corrected chi connectivity index (χ2v) is 8.29. The van der Waals surface area contributed by atoms with Gasteiger partial charge in [0.05, 0.1) is 18.2 Å². The molecule has 2 heterocycles. The van der Waals surface area contributed by atoms with Gasteiger partial charge in [-0.3, -0.25) is 14.4 Å². The predicted molar refractivity (Wildman–Crippen MR) is 117 cm³/mol. The maximum atomic E-state index is 13.1.